The number of pyridine rings is 3. The Kier molecular flexibility index (Phi) is 4.08. The summed E-state index contributed by atoms with van der Waals surface area (Å²) in [6.45, 7) is 3.72. The Hall–Kier alpha value is -3.68. The van der Waals surface area contributed by atoms with Crippen molar-refractivity contribution in [2.24, 2.45) is 0 Å². The zero-order valence-electron chi connectivity index (χ0n) is 14.6. The van der Waals surface area contributed by atoms with Crippen LogP contribution in [-0.2, 0) is 0 Å². The van der Waals surface area contributed by atoms with Gasteiger partial charge in [0.25, 0.3) is 5.91 Å². The maximum Gasteiger partial charge on any atom is 0.260 e. The van der Waals surface area contributed by atoms with Gasteiger partial charge in [0.2, 0.25) is 0 Å². The molecule has 0 aliphatic heterocycles. The maximum absolute atomic E-state index is 13.0. The molecule has 4 heterocycles. The third-order valence-corrected chi connectivity index (χ3v) is 4.10. The van der Waals surface area contributed by atoms with Crippen molar-refractivity contribution in [2.75, 3.05) is 5.32 Å². The SMILES string of the molecule is Cc1nc2c(C(=O)Nc3ccc(F)cn3)cc(-c3cnccc3C)cn2n1. The molecule has 1 N–H and O–H groups in total. The van der Waals surface area contributed by atoms with Crippen molar-refractivity contribution >= 4 is 17.4 Å². The van der Waals surface area contributed by atoms with Gasteiger partial charge in [-0.3, -0.25) is 9.78 Å². The van der Waals surface area contributed by atoms with Crippen molar-refractivity contribution in [2.45, 2.75) is 13.8 Å². The molecule has 0 bridgehead atoms. The molecular formula is C19H15FN6O. The van der Waals surface area contributed by atoms with Gasteiger partial charge in [0, 0.05) is 29.7 Å². The lowest BCUT2D eigenvalue weighted by atomic mass is 10.0. The van der Waals surface area contributed by atoms with Gasteiger partial charge in [-0.25, -0.2) is 18.9 Å². The second-order valence-electron chi connectivity index (χ2n) is 6.08. The van der Waals surface area contributed by atoms with E-state index in [0.717, 1.165) is 22.9 Å². The van der Waals surface area contributed by atoms with E-state index in [1.807, 2.05) is 19.2 Å². The number of carbonyl (C=O) groups is 1. The lowest BCUT2D eigenvalue weighted by molar-refractivity contribution is 0.102. The van der Waals surface area contributed by atoms with Crippen LogP contribution in [0, 0.1) is 19.7 Å². The number of rotatable bonds is 3. The van der Waals surface area contributed by atoms with E-state index in [9.17, 15) is 9.18 Å². The molecule has 0 saturated carbocycles. The highest BCUT2D eigenvalue weighted by Gasteiger charge is 2.17. The molecule has 134 valence electrons. The molecule has 0 fully saturated rings. The molecule has 0 aliphatic rings. The highest BCUT2D eigenvalue weighted by Crippen LogP contribution is 2.25. The third kappa shape index (κ3) is 3.24. The van der Waals surface area contributed by atoms with Gasteiger partial charge in [-0.05, 0) is 43.7 Å². The first kappa shape index (κ1) is 16.8. The first-order chi connectivity index (χ1) is 13.0. The smallest absolute Gasteiger partial charge is 0.260 e. The zero-order valence-corrected chi connectivity index (χ0v) is 14.6. The number of nitrogens with zero attached hydrogens (tertiary/aromatic N) is 5. The molecule has 1 amide bonds. The highest BCUT2D eigenvalue weighted by molar-refractivity contribution is 6.08. The maximum atomic E-state index is 13.0. The van der Waals surface area contributed by atoms with Crippen LogP contribution in [0.2, 0.25) is 0 Å². The first-order valence-electron chi connectivity index (χ1n) is 8.22. The molecule has 0 unspecified atom stereocenters. The quantitative estimate of drug-likeness (QED) is 0.605. The van der Waals surface area contributed by atoms with Crippen LogP contribution in [0.4, 0.5) is 10.2 Å². The molecule has 0 saturated heterocycles. The summed E-state index contributed by atoms with van der Waals surface area (Å²) in [6.07, 6.45) is 6.31. The molecule has 27 heavy (non-hydrogen) atoms. The normalized spacial score (nSPS) is 10.9. The predicted octanol–water partition coefficient (Wildman–Crippen LogP) is 3.19. The number of fused-ring (bicyclic) bond motifs is 1. The average molecular weight is 362 g/mol. The highest BCUT2D eigenvalue weighted by atomic mass is 19.1. The first-order valence-corrected chi connectivity index (χ1v) is 8.22. The van der Waals surface area contributed by atoms with Gasteiger partial charge in [0.1, 0.15) is 17.5 Å². The summed E-state index contributed by atoms with van der Waals surface area (Å²) in [7, 11) is 0. The van der Waals surface area contributed by atoms with Crippen molar-refractivity contribution in [1.82, 2.24) is 24.6 Å². The fraction of sp³-hybridized carbons (Fsp3) is 0.105. The van der Waals surface area contributed by atoms with Gasteiger partial charge in [-0.15, -0.1) is 0 Å². The molecule has 4 aromatic rings. The second-order valence-corrected chi connectivity index (χ2v) is 6.08. The summed E-state index contributed by atoms with van der Waals surface area (Å²) in [5, 5.41) is 7.00. The average Bonchev–Trinajstić information content (AvgIpc) is 3.03. The minimum atomic E-state index is -0.475. The van der Waals surface area contributed by atoms with Gasteiger partial charge in [-0.1, -0.05) is 0 Å². The van der Waals surface area contributed by atoms with Crippen LogP contribution in [0.25, 0.3) is 16.8 Å². The van der Waals surface area contributed by atoms with Gasteiger partial charge in [0.15, 0.2) is 5.65 Å². The summed E-state index contributed by atoms with van der Waals surface area (Å²) in [6, 6.07) is 6.27. The molecule has 0 aromatic carbocycles. The van der Waals surface area contributed by atoms with E-state index >= 15 is 0 Å². The van der Waals surface area contributed by atoms with E-state index in [1.54, 1.807) is 29.9 Å². The van der Waals surface area contributed by atoms with Crippen molar-refractivity contribution in [3.63, 3.8) is 0 Å². The number of halogens is 1. The molecule has 4 aromatic heterocycles. The Balaban J connectivity index is 1.82. The van der Waals surface area contributed by atoms with E-state index < -0.39 is 11.7 Å². The van der Waals surface area contributed by atoms with E-state index in [-0.39, 0.29) is 5.82 Å². The Morgan fingerprint density at radius 3 is 2.78 bits per heavy atom. The number of nitrogens with one attached hydrogen (secondary N) is 1. The fourth-order valence-corrected chi connectivity index (χ4v) is 2.81. The molecule has 0 atom stereocenters. The zero-order chi connectivity index (χ0) is 19.0. The van der Waals surface area contributed by atoms with E-state index in [0.29, 0.717) is 17.0 Å². The van der Waals surface area contributed by atoms with Gasteiger partial charge < -0.3 is 5.32 Å². The predicted molar refractivity (Wildman–Crippen MR) is 97.8 cm³/mol. The van der Waals surface area contributed by atoms with E-state index in [2.05, 4.69) is 25.4 Å². The van der Waals surface area contributed by atoms with Crippen molar-refractivity contribution in [3.05, 3.63) is 71.8 Å². The molecule has 8 heteroatoms. The topological polar surface area (TPSA) is 85.1 Å². The lowest BCUT2D eigenvalue weighted by Gasteiger charge is -2.10. The molecule has 7 nitrogen and oxygen atoms in total. The van der Waals surface area contributed by atoms with Gasteiger partial charge >= 0.3 is 0 Å². The third-order valence-electron chi connectivity index (χ3n) is 4.10. The van der Waals surface area contributed by atoms with E-state index in [4.69, 9.17) is 0 Å². The van der Waals surface area contributed by atoms with Gasteiger partial charge in [0.05, 0.1) is 11.8 Å². The number of hydrogen-bond donors (Lipinski definition) is 1. The summed E-state index contributed by atoms with van der Waals surface area (Å²) in [4.78, 5) is 25.2. The number of carbonyl (C=O) groups excluding carboxylic acids is 1. The molecular weight excluding hydrogens is 347 g/mol. The van der Waals surface area contributed by atoms with Crippen LogP contribution in [0.15, 0.2) is 49.1 Å². The van der Waals surface area contributed by atoms with Crippen LogP contribution in [-0.4, -0.2) is 30.5 Å². The van der Waals surface area contributed by atoms with Crippen LogP contribution < -0.4 is 5.32 Å². The Bertz CT molecular complexity index is 1150. The number of amides is 1. The minimum Gasteiger partial charge on any atom is -0.306 e. The molecule has 0 spiro atoms. The van der Waals surface area contributed by atoms with Crippen molar-refractivity contribution < 1.29 is 9.18 Å². The Morgan fingerprint density at radius 2 is 2.04 bits per heavy atom. The van der Waals surface area contributed by atoms with Crippen molar-refractivity contribution in [1.29, 1.82) is 0 Å². The van der Waals surface area contributed by atoms with Crippen LogP contribution in [0.5, 0.6) is 0 Å². The van der Waals surface area contributed by atoms with Crippen LogP contribution in [0.3, 0.4) is 0 Å². The minimum absolute atomic E-state index is 0.249. The fourth-order valence-electron chi connectivity index (χ4n) is 2.81. The summed E-state index contributed by atoms with van der Waals surface area (Å²) < 4.78 is 14.6. The second kappa shape index (κ2) is 6.56. The number of anilines is 1. The Labute approximate surface area is 153 Å². The monoisotopic (exact) mass is 362 g/mol. The summed E-state index contributed by atoms with van der Waals surface area (Å²) >= 11 is 0. The number of hydrogen-bond acceptors (Lipinski definition) is 5. The largest absolute Gasteiger partial charge is 0.306 e. The standard InChI is InChI=1S/C19H15FN6O/c1-11-5-6-21-9-16(11)13-7-15(18-23-12(2)25-26(18)10-13)19(27)24-17-4-3-14(20)8-22-17/h3-10H,1-2H3,(H,22,24,27). The van der Waals surface area contributed by atoms with Crippen LogP contribution in [0.1, 0.15) is 21.7 Å². The number of aryl methyl sites for hydroxylation is 2. The number of aromatic nitrogens is 5. The molecule has 4 rings (SSSR count). The van der Waals surface area contributed by atoms with E-state index in [1.165, 1.54) is 12.1 Å². The lowest BCUT2D eigenvalue weighted by Crippen LogP contribution is -2.15. The van der Waals surface area contributed by atoms with Crippen molar-refractivity contribution in [3.8, 4) is 11.1 Å². The molecule has 0 radical (unpaired) electrons. The molecule has 0 aliphatic carbocycles. The van der Waals surface area contributed by atoms with Gasteiger partial charge in [-0.2, -0.15) is 5.10 Å². The summed E-state index contributed by atoms with van der Waals surface area (Å²) in [5.74, 6) is -0.0878. The summed E-state index contributed by atoms with van der Waals surface area (Å²) in [5.41, 5.74) is 3.46. The Morgan fingerprint density at radius 1 is 1.19 bits per heavy atom. The van der Waals surface area contributed by atoms with Crippen LogP contribution >= 0.6 is 0 Å².